The maximum absolute atomic E-state index is 10.1. The van der Waals surface area contributed by atoms with Gasteiger partial charge in [0.2, 0.25) is 10.0 Å². The van der Waals surface area contributed by atoms with Gasteiger partial charge in [-0.1, -0.05) is 76.4 Å². The van der Waals surface area contributed by atoms with Crippen molar-refractivity contribution in [2.24, 2.45) is 17.0 Å². The second-order valence-electron chi connectivity index (χ2n) is 6.32. The van der Waals surface area contributed by atoms with Crippen LogP contribution >= 0.6 is 0 Å². The summed E-state index contributed by atoms with van der Waals surface area (Å²) in [5, 5.41) is 4.20. The van der Waals surface area contributed by atoms with Gasteiger partial charge in [0.15, 0.2) is 0 Å². The first-order valence-corrected chi connectivity index (χ1v) is 10.3. The Morgan fingerprint density at radius 3 is 1.52 bits per heavy atom. The summed E-state index contributed by atoms with van der Waals surface area (Å²) in [5.74, 6) is 2.05. The van der Waals surface area contributed by atoms with Crippen molar-refractivity contribution >= 4 is 10.0 Å². The van der Waals surface area contributed by atoms with E-state index in [2.05, 4.69) is 38.0 Å². The highest BCUT2D eigenvalue weighted by atomic mass is 32.2. The molecule has 0 spiro atoms. The van der Waals surface area contributed by atoms with Gasteiger partial charge in [0, 0.05) is 1.43 Å². The van der Waals surface area contributed by atoms with E-state index in [0.717, 1.165) is 11.8 Å². The van der Waals surface area contributed by atoms with Crippen molar-refractivity contribution < 1.29 is 9.84 Å². The maximum atomic E-state index is 10.1. The van der Waals surface area contributed by atoms with Gasteiger partial charge in [0.25, 0.3) is 0 Å². The van der Waals surface area contributed by atoms with E-state index in [9.17, 15) is 8.42 Å². The molecule has 2 unspecified atom stereocenters. The van der Waals surface area contributed by atoms with Crippen LogP contribution in [-0.4, -0.2) is 13.7 Å². The number of hydrogen-bond acceptors (Lipinski definition) is 2. The molecule has 1 aromatic carbocycles. The van der Waals surface area contributed by atoms with Crippen LogP contribution in [0, 0.1) is 18.8 Å². The lowest BCUT2D eigenvalue weighted by molar-refractivity contribution is 0.555. The molecule has 2 N–H and O–H groups in total. The van der Waals surface area contributed by atoms with Crippen LogP contribution in [0.1, 0.15) is 67.8 Å². The molecule has 1 fully saturated rings. The van der Waals surface area contributed by atoms with Crippen LogP contribution in [0.5, 0.6) is 0 Å². The van der Waals surface area contributed by atoms with Gasteiger partial charge in [0.1, 0.15) is 0 Å². The van der Waals surface area contributed by atoms with Gasteiger partial charge in [-0.25, -0.2) is 13.6 Å². The van der Waals surface area contributed by atoms with E-state index in [-0.39, 0.29) is 1.43 Å². The molecule has 4 heteroatoms. The smallest absolute Gasteiger partial charge is 0.211 e. The zero-order chi connectivity index (χ0) is 18.5. The van der Waals surface area contributed by atoms with Crippen LogP contribution in [0.25, 0.3) is 0 Å². The summed E-state index contributed by atoms with van der Waals surface area (Å²) in [5.41, 5.74) is 1.32. The molecular formula is C19H39NO2S. The van der Waals surface area contributed by atoms with Crippen molar-refractivity contribution in [1.82, 2.24) is 0 Å². The van der Waals surface area contributed by atoms with Gasteiger partial charge in [0.05, 0.1) is 5.25 Å². The van der Waals surface area contributed by atoms with E-state index in [4.69, 9.17) is 0 Å². The molecule has 1 saturated carbocycles. The Labute approximate surface area is 146 Å². The molecule has 1 aromatic rings. The van der Waals surface area contributed by atoms with Crippen molar-refractivity contribution in [3.05, 3.63) is 35.9 Å². The number of primary sulfonamides is 1. The summed E-state index contributed by atoms with van der Waals surface area (Å²) in [6.07, 6.45) is 4.42. The largest absolute Gasteiger partial charge is 0.229 e. The molecule has 0 bridgehead atoms. The molecule has 0 radical (unpaired) electrons. The molecule has 1 aliphatic carbocycles. The van der Waals surface area contributed by atoms with Crippen LogP contribution in [-0.2, 0) is 10.0 Å². The van der Waals surface area contributed by atoms with E-state index in [1.807, 2.05) is 32.0 Å². The van der Waals surface area contributed by atoms with Crippen LogP contribution < -0.4 is 5.14 Å². The highest BCUT2D eigenvalue weighted by molar-refractivity contribution is 7.89. The first-order valence-electron chi connectivity index (χ1n) is 8.66. The SMILES string of the molecule is CC.CC(C)S(N)(=O)=O.CC1CCC(C)C1.Cc1ccccc1.[HH]. The summed E-state index contributed by atoms with van der Waals surface area (Å²) >= 11 is 0. The number of hydrogen-bond donors (Lipinski definition) is 1. The molecule has 138 valence electrons. The van der Waals surface area contributed by atoms with E-state index in [0.29, 0.717) is 0 Å². The molecule has 0 amide bonds. The third-order valence-electron chi connectivity index (χ3n) is 3.55. The summed E-state index contributed by atoms with van der Waals surface area (Å²) in [6.45, 7) is 13.9. The van der Waals surface area contributed by atoms with Gasteiger partial charge in [-0.05, 0) is 39.0 Å². The summed E-state index contributed by atoms with van der Waals surface area (Å²) in [7, 11) is -3.24. The first kappa shape index (κ1) is 24.4. The van der Waals surface area contributed by atoms with Crippen LogP contribution in [0.3, 0.4) is 0 Å². The minimum Gasteiger partial charge on any atom is -0.229 e. The zero-order valence-electron chi connectivity index (χ0n) is 16.0. The number of nitrogens with two attached hydrogens (primary N) is 1. The van der Waals surface area contributed by atoms with Crippen LogP contribution in [0.4, 0.5) is 0 Å². The van der Waals surface area contributed by atoms with Gasteiger partial charge < -0.3 is 0 Å². The number of benzene rings is 1. The molecule has 0 saturated heterocycles. The average molecular weight is 346 g/mol. The average Bonchev–Trinajstić information content (AvgIpc) is 2.86. The fraction of sp³-hybridized carbons (Fsp3) is 0.684. The van der Waals surface area contributed by atoms with E-state index < -0.39 is 15.3 Å². The van der Waals surface area contributed by atoms with Crippen LogP contribution in [0.15, 0.2) is 30.3 Å². The normalized spacial score (nSPS) is 19.5. The number of aryl methyl sites for hydroxylation is 1. The Hall–Kier alpha value is -0.870. The zero-order valence-corrected chi connectivity index (χ0v) is 16.9. The maximum Gasteiger partial charge on any atom is 0.211 e. The van der Waals surface area contributed by atoms with Gasteiger partial charge in [-0.15, -0.1) is 0 Å². The third-order valence-corrected chi connectivity index (χ3v) is 4.87. The molecule has 0 aliphatic heterocycles. The van der Waals surface area contributed by atoms with E-state index in [1.54, 1.807) is 0 Å². The number of rotatable bonds is 1. The first-order chi connectivity index (χ1) is 10.6. The Balaban J connectivity index is -0.000000257. The second kappa shape index (κ2) is 13.6. The molecular weight excluding hydrogens is 306 g/mol. The fourth-order valence-electron chi connectivity index (χ4n) is 2.03. The van der Waals surface area contributed by atoms with Gasteiger partial charge in [-0.2, -0.15) is 0 Å². The third kappa shape index (κ3) is 15.8. The second-order valence-corrected chi connectivity index (χ2v) is 8.44. The Morgan fingerprint density at radius 2 is 1.39 bits per heavy atom. The minimum absolute atomic E-state index is 0. The van der Waals surface area contributed by atoms with Crippen LogP contribution in [0.2, 0.25) is 0 Å². The monoisotopic (exact) mass is 345 g/mol. The predicted molar refractivity (Wildman–Crippen MR) is 105 cm³/mol. The van der Waals surface area contributed by atoms with Crippen molar-refractivity contribution in [1.29, 1.82) is 0 Å². The lowest BCUT2D eigenvalue weighted by Crippen LogP contribution is -2.22. The predicted octanol–water partition coefficient (Wildman–Crippen LogP) is 5.39. The summed E-state index contributed by atoms with van der Waals surface area (Å²) in [6, 6.07) is 10.3. The van der Waals surface area contributed by atoms with E-state index >= 15 is 0 Å². The van der Waals surface area contributed by atoms with Gasteiger partial charge >= 0.3 is 0 Å². The molecule has 1 aliphatic rings. The minimum atomic E-state index is -3.24. The van der Waals surface area contributed by atoms with Crippen molar-refractivity contribution in [3.8, 4) is 0 Å². The quantitative estimate of drug-likeness (QED) is 0.741. The molecule has 2 atom stereocenters. The molecule has 3 nitrogen and oxygen atoms in total. The standard InChI is InChI=1S/C7H14.C7H8.C3H9NO2S.C2H6.H2/c1-6-3-4-7(2)5-6;1-7-5-3-2-4-6-7;1-3(2)7(4,5)6;1-2;/h6-7H,3-5H2,1-2H3;2-6H,1H3;3H,1-2H3,(H2,4,5,6);1-2H3;1H. The number of sulfonamides is 1. The summed E-state index contributed by atoms with van der Waals surface area (Å²) < 4.78 is 20.2. The highest BCUT2D eigenvalue weighted by Gasteiger charge is 2.15. The van der Waals surface area contributed by atoms with Crippen molar-refractivity contribution in [3.63, 3.8) is 0 Å². The topological polar surface area (TPSA) is 60.2 Å². The Morgan fingerprint density at radius 1 is 1.04 bits per heavy atom. The molecule has 2 rings (SSSR count). The molecule has 23 heavy (non-hydrogen) atoms. The Kier molecular flexibility index (Phi) is 14.4. The van der Waals surface area contributed by atoms with Gasteiger partial charge in [-0.3, -0.25) is 0 Å². The van der Waals surface area contributed by atoms with Crippen molar-refractivity contribution in [2.75, 3.05) is 0 Å². The molecule has 0 aromatic heterocycles. The van der Waals surface area contributed by atoms with Crippen molar-refractivity contribution in [2.45, 2.75) is 73.0 Å². The van der Waals surface area contributed by atoms with E-state index in [1.165, 1.54) is 38.7 Å². The Bertz CT molecular complexity index is 467. The highest BCUT2D eigenvalue weighted by Crippen LogP contribution is 2.29. The fourth-order valence-corrected chi connectivity index (χ4v) is 2.03. The lowest BCUT2D eigenvalue weighted by atomic mass is 10.1. The molecule has 0 heterocycles. The summed E-state index contributed by atoms with van der Waals surface area (Å²) in [4.78, 5) is 0. The lowest BCUT2D eigenvalue weighted by Gasteiger charge is -1.96.